The highest BCUT2D eigenvalue weighted by molar-refractivity contribution is 5.79. The maximum Gasteiger partial charge on any atom is 0.223 e. The van der Waals surface area contributed by atoms with Gasteiger partial charge >= 0.3 is 0 Å². The number of carbonyl (C=O) groups is 1. The van der Waals surface area contributed by atoms with Gasteiger partial charge in [-0.3, -0.25) is 4.79 Å². The van der Waals surface area contributed by atoms with Crippen LogP contribution in [0.25, 0.3) is 0 Å². The largest absolute Gasteiger partial charge is 0.481 e. The van der Waals surface area contributed by atoms with Crippen LogP contribution in [0.15, 0.2) is 18.3 Å². The molecule has 0 aliphatic heterocycles. The van der Waals surface area contributed by atoms with Gasteiger partial charge in [-0.15, -0.1) is 0 Å². The molecular formula is C17H24N2O3. The number of ether oxygens (including phenoxy) is 1. The highest BCUT2D eigenvalue weighted by Gasteiger charge is 2.37. The van der Waals surface area contributed by atoms with Crippen LogP contribution in [-0.4, -0.2) is 29.2 Å². The monoisotopic (exact) mass is 304 g/mol. The summed E-state index contributed by atoms with van der Waals surface area (Å²) in [4.78, 5) is 16.7. The summed E-state index contributed by atoms with van der Waals surface area (Å²) in [5, 5.41) is 12.8. The van der Waals surface area contributed by atoms with Crippen molar-refractivity contribution < 1.29 is 14.6 Å². The van der Waals surface area contributed by atoms with E-state index in [2.05, 4.69) is 10.3 Å². The molecule has 2 N–H and O–H groups in total. The highest BCUT2D eigenvalue weighted by atomic mass is 16.5. The third kappa shape index (κ3) is 3.24. The van der Waals surface area contributed by atoms with Crippen LogP contribution in [0.3, 0.4) is 0 Å². The third-order valence-electron chi connectivity index (χ3n) is 4.97. The van der Waals surface area contributed by atoms with Crippen molar-refractivity contribution in [1.82, 2.24) is 10.3 Å². The maximum atomic E-state index is 12.5. The second-order valence-corrected chi connectivity index (χ2v) is 6.49. The van der Waals surface area contributed by atoms with E-state index in [-0.39, 0.29) is 29.9 Å². The Balaban J connectivity index is 1.72. The van der Waals surface area contributed by atoms with Crippen LogP contribution in [0.2, 0.25) is 0 Å². The minimum absolute atomic E-state index is 0.0603. The fourth-order valence-electron chi connectivity index (χ4n) is 3.53. The second-order valence-electron chi connectivity index (χ2n) is 6.49. The molecule has 22 heavy (non-hydrogen) atoms. The van der Waals surface area contributed by atoms with E-state index in [1.165, 1.54) is 0 Å². The number of aliphatic hydroxyl groups excluding tert-OH is 1. The van der Waals surface area contributed by atoms with Crippen LogP contribution in [0.5, 0.6) is 5.88 Å². The van der Waals surface area contributed by atoms with E-state index in [0.717, 1.165) is 44.1 Å². The van der Waals surface area contributed by atoms with Crippen molar-refractivity contribution in [3.8, 4) is 5.88 Å². The van der Waals surface area contributed by atoms with Gasteiger partial charge in [0, 0.05) is 18.2 Å². The fourth-order valence-corrected chi connectivity index (χ4v) is 3.53. The van der Waals surface area contributed by atoms with E-state index in [9.17, 15) is 9.90 Å². The molecule has 5 nitrogen and oxygen atoms in total. The quantitative estimate of drug-likeness (QED) is 0.875. The van der Waals surface area contributed by atoms with Crippen molar-refractivity contribution in [3.05, 3.63) is 23.9 Å². The number of hydrogen-bond donors (Lipinski definition) is 2. The number of aliphatic hydroxyl groups is 1. The number of hydrogen-bond acceptors (Lipinski definition) is 4. The topological polar surface area (TPSA) is 71.5 Å². The van der Waals surface area contributed by atoms with Crippen LogP contribution in [0, 0.1) is 11.8 Å². The molecule has 120 valence electrons. The normalized spacial score (nSPS) is 26.3. The van der Waals surface area contributed by atoms with Crippen molar-refractivity contribution in [2.75, 3.05) is 7.11 Å². The predicted molar refractivity (Wildman–Crippen MR) is 82.4 cm³/mol. The Morgan fingerprint density at radius 3 is 2.64 bits per heavy atom. The van der Waals surface area contributed by atoms with Gasteiger partial charge in [0.15, 0.2) is 0 Å². The van der Waals surface area contributed by atoms with E-state index >= 15 is 0 Å². The van der Waals surface area contributed by atoms with Crippen LogP contribution in [-0.2, 0) is 4.79 Å². The lowest BCUT2D eigenvalue weighted by Crippen LogP contribution is -2.43. The van der Waals surface area contributed by atoms with Crippen LogP contribution >= 0.6 is 0 Å². The van der Waals surface area contributed by atoms with Gasteiger partial charge in [0.1, 0.15) is 0 Å². The zero-order valence-electron chi connectivity index (χ0n) is 13.0. The molecule has 0 spiro atoms. The molecule has 1 aromatic rings. The summed E-state index contributed by atoms with van der Waals surface area (Å²) < 4.78 is 5.09. The SMILES string of the molecule is COc1ccc([C@@H](NC(=O)C2CCCC2)C2CC(O)C2)cn1. The first-order chi connectivity index (χ1) is 10.7. The predicted octanol–water partition coefficient (Wildman–Crippen LogP) is 2.21. The lowest BCUT2D eigenvalue weighted by atomic mass is 9.75. The number of aromatic nitrogens is 1. The lowest BCUT2D eigenvalue weighted by molar-refractivity contribution is -0.126. The average molecular weight is 304 g/mol. The molecule has 1 atom stereocenters. The van der Waals surface area contributed by atoms with E-state index in [1.54, 1.807) is 13.3 Å². The van der Waals surface area contributed by atoms with Crippen molar-refractivity contribution in [2.45, 2.75) is 50.7 Å². The molecule has 2 aliphatic carbocycles. The van der Waals surface area contributed by atoms with Crippen molar-refractivity contribution in [3.63, 3.8) is 0 Å². The molecule has 2 aliphatic rings. The summed E-state index contributed by atoms with van der Waals surface area (Å²) in [5.41, 5.74) is 0.990. The Morgan fingerprint density at radius 1 is 1.36 bits per heavy atom. The molecule has 0 bridgehead atoms. The van der Waals surface area contributed by atoms with E-state index < -0.39 is 0 Å². The molecule has 0 aromatic carbocycles. The van der Waals surface area contributed by atoms with Crippen LogP contribution < -0.4 is 10.1 Å². The Bertz CT molecular complexity index is 505. The number of rotatable bonds is 5. The van der Waals surface area contributed by atoms with Crippen LogP contribution in [0.1, 0.15) is 50.1 Å². The molecule has 5 heteroatoms. The van der Waals surface area contributed by atoms with Gasteiger partial charge in [0.2, 0.25) is 11.8 Å². The fraction of sp³-hybridized carbons (Fsp3) is 0.647. The van der Waals surface area contributed by atoms with Crippen molar-refractivity contribution >= 4 is 5.91 Å². The Hall–Kier alpha value is -1.62. The van der Waals surface area contributed by atoms with Crippen molar-refractivity contribution in [2.24, 2.45) is 11.8 Å². The number of pyridine rings is 1. The molecular weight excluding hydrogens is 280 g/mol. The van der Waals surface area contributed by atoms with Crippen LogP contribution in [0.4, 0.5) is 0 Å². The standard InChI is InChI=1S/C17H24N2O3/c1-22-15-7-6-12(10-18-15)16(13-8-14(20)9-13)19-17(21)11-4-2-3-5-11/h6-7,10-11,13-14,16,20H,2-5,8-9H2,1H3,(H,19,21)/t13?,14?,16-/m1/s1. The molecule has 3 rings (SSSR count). The summed E-state index contributed by atoms with van der Waals surface area (Å²) in [6, 6.07) is 3.71. The summed E-state index contributed by atoms with van der Waals surface area (Å²) in [6.45, 7) is 0. The number of methoxy groups -OCH3 is 1. The lowest BCUT2D eigenvalue weighted by Gasteiger charge is -2.38. The van der Waals surface area contributed by atoms with Gasteiger partial charge in [0.05, 0.1) is 19.3 Å². The van der Waals surface area contributed by atoms with E-state index in [4.69, 9.17) is 4.74 Å². The molecule has 1 aromatic heterocycles. The molecule has 0 radical (unpaired) electrons. The first-order valence-corrected chi connectivity index (χ1v) is 8.15. The third-order valence-corrected chi connectivity index (χ3v) is 4.97. The second kappa shape index (κ2) is 6.65. The summed E-state index contributed by atoms with van der Waals surface area (Å²) in [6.07, 6.45) is 7.29. The first-order valence-electron chi connectivity index (χ1n) is 8.15. The van der Waals surface area contributed by atoms with Gasteiger partial charge in [-0.1, -0.05) is 18.9 Å². The molecule has 0 saturated heterocycles. The summed E-state index contributed by atoms with van der Waals surface area (Å²) >= 11 is 0. The van der Waals surface area contributed by atoms with Crippen molar-refractivity contribution in [1.29, 1.82) is 0 Å². The molecule has 2 saturated carbocycles. The molecule has 2 fully saturated rings. The highest BCUT2D eigenvalue weighted by Crippen LogP contribution is 2.38. The number of amides is 1. The number of nitrogens with one attached hydrogen (secondary N) is 1. The molecule has 1 amide bonds. The zero-order valence-corrected chi connectivity index (χ0v) is 13.0. The van der Waals surface area contributed by atoms with Gasteiger partial charge < -0.3 is 15.2 Å². The van der Waals surface area contributed by atoms with E-state index in [1.807, 2.05) is 12.1 Å². The average Bonchev–Trinajstić information content (AvgIpc) is 3.04. The summed E-state index contributed by atoms with van der Waals surface area (Å²) in [7, 11) is 1.59. The zero-order chi connectivity index (χ0) is 15.5. The maximum absolute atomic E-state index is 12.5. The van der Waals surface area contributed by atoms with Gasteiger partial charge in [-0.2, -0.15) is 0 Å². The van der Waals surface area contributed by atoms with E-state index in [0.29, 0.717) is 5.88 Å². The molecule has 1 heterocycles. The number of carbonyl (C=O) groups excluding carboxylic acids is 1. The summed E-state index contributed by atoms with van der Waals surface area (Å²) in [5.74, 6) is 1.16. The van der Waals surface area contributed by atoms with Gasteiger partial charge in [-0.05, 0) is 37.2 Å². The molecule has 0 unspecified atom stereocenters. The Labute approximate surface area is 131 Å². The minimum Gasteiger partial charge on any atom is -0.481 e. The minimum atomic E-state index is -0.234. The first kappa shape index (κ1) is 15.3. The smallest absolute Gasteiger partial charge is 0.223 e. The van der Waals surface area contributed by atoms with Gasteiger partial charge in [0.25, 0.3) is 0 Å². The van der Waals surface area contributed by atoms with Gasteiger partial charge in [-0.25, -0.2) is 4.98 Å². The Morgan fingerprint density at radius 2 is 2.09 bits per heavy atom. The Kier molecular flexibility index (Phi) is 4.62. The number of nitrogens with zero attached hydrogens (tertiary/aromatic N) is 1.